The van der Waals surface area contributed by atoms with Gasteiger partial charge >= 0.3 is 0 Å². The van der Waals surface area contributed by atoms with E-state index in [1.54, 1.807) is 19.3 Å². The minimum absolute atomic E-state index is 0.0623. The van der Waals surface area contributed by atoms with E-state index in [-0.39, 0.29) is 17.8 Å². The fourth-order valence-electron chi connectivity index (χ4n) is 2.91. The third kappa shape index (κ3) is 3.87. The van der Waals surface area contributed by atoms with E-state index in [9.17, 15) is 13.6 Å². The molecule has 0 spiro atoms. The highest BCUT2D eigenvalue weighted by Crippen LogP contribution is 2.26. The van der Waals surface area contributed by atoms with Gasteiger partial charge in [-0.05, 0) is 24.3 Å². The quantitative estimate of drug-likeness (QED) is 0.924. The molecule has 0 unspecified atom stereocenters. The summed E-state index contributed by atoms with van der Waals surface area (Å²) in [6.07, 6.45) is 2.76. The minimum Gasteiger partial charge on any atom is -0.487 e. The molecule has 0 saturated carbocycles. The molecule has 0 aliphatic carbocycles. The molecule has 1 aromatic heterocycles. The third-order valence-corrected chi connectivity index (χ3v) is 4.20. The van der Waals surface area contributed by atoms with Crippen molar-refractivity contribution < 1.29 is 18.3 Å². The Morgan fingerprint density at radius 3 is 2.72 bits per heavy atom. The molecule has 5 nitrogen and oxygen atoms in total. The smallest absolute Gasteiger partial charge is 0.271 e. The molecule has 1 aromatic carbocycles. The van der Waals surface area contributed by atoms with Crippen LogP contribution in [-0.4, -0.2) is 37.1 Å². The summed E-state index contributed by atoms with van der Waals surface area (Å²) in [7, 11) is 1.57. The molecule has 25 heavy (non-hydrogen) atoms. The van der Waals surface area contributed by atoms with Gasteiger partial charge in [0.1, 0.15) is 11.9 Å². The summed E-state index contributed by atoms with van der Waals surface area (Å²) in [5, 5.41) is 2.59. The first-order chi connectivity index (χ1) is 12.1. The molecule has 2 heterocycles. The average molecular weight is 347 g/mol. The number of benzene rings is 1. The lowest BCUT2D eigenvalue weighted by Crippen LogP contribution is -2.39. The number of pyridine rings is 1. The summed E-state index contributed by atoms with van der Waals surface area (Å²) < 4.78 is 32.3. The molecule has 1 amide bonds. The van der Waals surface area contributed by atoms with Crippen LogP contribution < -0.4 is 15.0 Å². The molecular formula is C18H19F2N3O2. The number of piperidine rings is 1. The molecule has 1 aliphatic rings. The lowest BCUT2D eigenvalue weighted by atomic mass is 10.1. The van der Waals surface area contributed by atoms with E-state index in [1.807, 2.05) is 6.07 Å². The number of anilines is 1. The van der Waals surface area contributed by atoms with Gasteiger partial charge in [0.05, 0.1) is 5.69 Å². The van der Waals surface area contributed by atoms with Crippen molar-refractivity contribution in [3.05, 3.63) is 53.9 Å². The predicted octanol–water partition coefficient (Wildman–Crippen LogP) is 2.77. The molecule has 2 aromatic rings. The van der Waals surface area contributed by atoms with Gasteiger partial charge in [0.2, 0.25) is 0 Å². The Hall–Kier alpha value is -2.70. The van der Waals surface area contributed by atoms with Crippen molar-refractivity contribution in [3.8, 4) is 5.75 Å². The lowest BCUT2D eigenvalue weighted by molar-refractivity contribution is 0.0958. The van der Waals surface area contributed by atoms with Crippen molar-refractivity contribution in [3.63, 3.8) is 0 Å². The van der Waals surface area contributed by atoms with E-state index in [2.05, 4.69) is 15.2 Å². The van der Waals surface area contributed by atoms with Gasteiger partial charge in [-0.2, -0.15) is 0 Å². The highest BCUT2D eigenvalue weighted by Gasteiger charge is 2.25. The fourth-order valence-corrected chi connectivity index (χ4v) is 2.91. The van der Waals surface area contributed by atoms with Crippen molar-refractivity contribution in [2.75, 3.05) is 25.0 Å². The van der Waals surface area contributed by atoms with Gasteiger partial charge < -0.3 is 15.0 Å². The topological polar surface area (TPSA) is 54.5 Å². The van der Waals surface area contributed by atoms with Crippen LogP contribution in [0.5, 0.6) is 5.75 Å². The van der Waals surface area contributed by atoms with Crippen LogP contribution >= 0.6 is 0 Å². The summed E-state index contributed by atoms with van der Waals surface area (Å²) in [5.41, 5.74) is 1.15. The van der Waals surface area contributed by atoms with Gasteiger partial charge in [-0.25, -0.2) is 13.8 Å². The number of aromatic nitrogens is 1. The SMILES string of the molecule is CNC(=O)c1ncccc1N1CCC(Oc2ccc(F)cc2F)CC1. The van der Waals surface area contributed by atoms with Crippen LogP contribution in [0.3, 0.4) is 0 Å². The largest absolute Gasteiger partial charge is 0.487 e. The van der Waals surface area contributed by atoms with Crippen molar-refractivity contribution in [1.82, 2.24) is 10.3 Å². The van der Waals surface area contributed by atoms with E-state index in [0.29, 0.717) is 31.6 Å². The van der Waals surface area contributed by atoms with Crippen LogP contribution in [0, 0.1) is 11.6 Å². The van der Waals surface area contributed by atoms with Crippen LogP contribution in [0.4, 0.5) is 14.5 Å². The summed E-state index contributed by atoms with van der Waals surface area (Å²) in [4.78, 5) is 18.2. The second-order valence-corrected chi connectivity index (χ2v) is 5.83. The molecule has 132 valence electrons. The van der Waals surface area contributed by atoms with Crippen molar-refractivity contribution in [2.24, 2.45) is 0 Å². The fraction of sp³-hybridized carbons (Fsp3) is 0.333. The van der Waals surface area contributed by atoms with Crippen LogP contribution in [0.25, 0.3) is 0 Å². The summed E-state index contributed by atoms with van der Waals surface area (Å²) >= 11 is 0. The number of amides is 1. The maximum absolute atomic E-state index is 13.7. The average Bonchev–Trinajstić information content (AvgIpc) is 2.64. The van der Waals surface area contributed by atoms with Gasteiger partial charge in [0.15, 0.2) is 17.3 Å². The number of carbonyl (C=O) groups excluding carboxylic acids is 1. The van der Waals surface area contributed by atoms with Gasteiger partial charge in [-0.15, -0.1) is 0 Å². The Morgan fingerprint density at radius 2 is 2.04 bits per heavy atom. The Labute approximate surface area is 144 Å². The molecule has 7 heteroatoms. The molecule has 1 N–H and O–H groups in total. The first kappa shape index (κ1) is 17.1. The van der Waals surface area contributed by atoms with Crippen molar-refractivity contribution in [1.29, 1.82) is 0 Å². The van der Waals surface area contributed by atoms with Crippen LogP contribution in [0.15, 0.2) is 36.5 Å². The number of nitrogens with one attached hydrogen (secondary N) is 1. The Kier molecular flexibility index (Phi) is 5.11. The highest BCUT2D eigenvalue weighted by molar-refractivity contribution is 5.97. The number of hydrogen-bond acceptors (Lipinski definition) is 4. The van der Waals surface area contributed by atoms with E-state index in [0.717, 1.165) is 11.8 Å². The van der Waals surface area contributed by atoms with E-state index in [4.69, 9.17) is 4.74 Å². The molecule has 0 radical (unpaired) electrons. The van der Waals surface area contributed by atoms with E-state index < -0.39 is 11.6 Å². The number of rotatable bonds is 4. The second kappa shape index (κ2) is 7.46. The standard InChI is InChI=1S/C18H19F2N3O2/c1-21-18(24)17-15(3-2-8-22-17)23-9-6-13(7-10-23)25-16-5-4-12(19)11-14(16)20/h2-5,8,11,13H,6-7,9-10H2,1H3,(H,21,24). The van der Waals surface area contributed by atoms with Gasteiger partial charge in [-0.1, -0.05) is 0 Å². The number of halogens is 2. The zero-order chi connectivity index (χ0) is 17.8. The maximum atomic E-state index is 13.7. The number of hydrogen-bond donors (Lipinski definition) is 1. The minimum atomic E-state index is -0.698. The van der Waals surface area contributed by atoms with Crippen molar-refractivity contribution >= 4 is 11.6 Å². The molecule has 0 atom stereocenters. The van der Waals surface area contributed by atoms with Gasteiger partial charge in [-0.3, -0.25) is 4.79 Å². The van der Waals surface area contributed by atoms with Gasteiger partial charge in [0.25, 0.3) is 5.91 Å². The molecular weight excluding hydrogens is 328 g/mol. The van der Waals surface area contributed by atoms with Crippen LogP contribution in [0.2, 0.25) is 0 Å². The monoisotopic (exact) mass is 347 g/mol. The number of ether oxygens (including phenoxy) is 1. The normalized spacial score (nSPS) is 15.1. The van der Waals surface area contributed by atoms with Crippen LogP contribution in [-0.2, 0) is 0 Å². The highest BCUT2D eigenvalue weighted by atomic mass is 19.1. The second-order valence-electron chi connectivity index (χ2n) is 5.83. The third-order valence-electron chi connectivity index (χ3n) is 4.20. The summed E-state index contributed by atoms with van der Waals surface area (Å²) in [6, 6.07) is 6.95. The molecule has 3 rings (SSSR count). The Morgan fingerprint density at radius 1 is 1.28 bits per heavy atom. The number of carbonyl (C=O) groups is 1. The Balaban J connectivity index is 1.65. The van der Waals surface area contributed by atoms with Crippen LogP contribution in [0.1, 0.15) is 23.3 Å². The summed E-state index contributed by atoms with van der Waals surface area (Å²) in [5.74, 6) is -1.50. The molecule has 0 bridgehead atoms. The molecule has 1 saturated heterocycles. The van der Waals surface area contributed by atoms with Crippen molar-refractivity contribution in [2.45, 2.75) is 18.9 Å². The zero-order valence-electron chi connectivity index (χ0n) is 13.8. The first-order valence-corrected chi connectivity index (χ1v) is 8.12. The molecule has 1 fully saturated rings. The van der Waals surface area contributed by atoms with E-state index >= 15 is 0 Å². The molecule has 1 aliphatic heterocycles. The first-order valence-electron chi connectivity index (χ1n) is 8.12. The van der Waals surface area contributed by atoms with Gasteiger partial charge in [0, 0.05) is 45.2 Å². The van der Waals surface area contributed by atoms with E-state index in [1.165, 1.54) is 12.1 Å². The number of nitrogens with zero attached hydrogens (tertiary/aromatic N) is 2. The zero-order valence-corrected chi connectivity index (χ0v) is 13.8. The predicted molar refractivity (Wildman–Crippen MR) is 89.8 cm³/mol. The lowest BCUT2D eigenvalue weighted by Gasteiger charge is -2.34. The summed E-state index contributed by atoms with van der Waals surface area (Å²) in [6.45, 7) is 1.31. The maximum Gasteiger partial charge on any atom is 0.271 e. The Bertz CT molecular complexity index is 762.